The van der Waals surface area contributed by atoms with Gasteiger partial charge in [-0.15, -0.1) is 0 Å². The minimum absolute atomic E-state index is 0.0478. The Morgan fingerprint density at radius 3 is 2.67 bits per heavy atom. The van der Waals surface area contributed by atoms with Gasteiger partial charge in [-0.05, 0) is 24.3 Å². The summed E-state index contributed by atoms with van der Waals surface area (Å²) in [6, 6.07) is 13.1. The van der Waals surface area contributed by atoms with Crippen LogP contribution in [-0.4, -0.2) is 24.2 Å². The van der Waals surface area contributed by atoms with Crippen molar-refractivity contribution in [3.8, 4) is 5.75 Å². The molecule has 0 aromatic heterocycles. The first-order chi connectivity index (χ1) is 11.6. The van der Waals surface area contributed by atoms with Crippen molar-refractivity contribution in [2.75, 3.05) is 7.11 Å². The van der Waals surface area contributed by atoms with Gasteiger partial charge in [0.15, 0.2) is 0 Å². The summed E-state index contributed by atoms with van der Waals surface area (Å²) in [7, 11) is 1.58. The highest BCUT2D eigenvalue weighted by Gasteiger charge is 2.18. The van der Waals surface area contributed by atoms with Gasteiger partial charge in [-0.3, -0.25) is 14.9 Å². The number of allylic oxidation sites excluding steroid dienone is 1. The van der Waals surface area contributed by atoms with Crippen molar-refractivity contribution in [2.45, 2.75) is 0 Å². The van der Waals surface area contributed by atoms with Gasteiger partial charge >= 0.3 is 0 Å². The third-order valence-electron chi connectivity index (χ3n) is 3.09. The maximum absolute atomic E-state index is 11.9. The largest absolute Gasteiger partial charge is 0.496 e. The van der Waals surface area contributed by atoms with Crippen molar-refractivity contribution in [1.82, 2.24) is 5.43 Å². The molecule has 0 atom stereocenters. The van der Waals surface area contributed by atoms with Crippen molar-refractivity contribution in [3.63, 3.8) is 0 Å². The number of amides is 1. The molecule has 2 aromatic carbocycles. The fraction of sp³-hybridized carbons (Fsp3) is 0.0588. The highest BCUT2D eigenvalue weighted by Crippen LogP contribution is 2.18. The normalized spacial score (nSPS) is 10.9. The molecule has 0 radical (unpaired) electrons. The quantitative estimate of drug-likeness (QED) is 0.502. The number of rotatable bonds is 6. The molecular formula is C17H15N3O4. The van der Waals surface area contributed by atoms with E-state index in [0.717, 1.165) is 5.56 Å². The lowest BCUT2D eigenvalue weighted by Gasteiger charge is -2.02. The zero-order valence-electron chi connectivity index (χ0n) is 12.9. The van der Waals surface area contributed by atoms with Gasteiger partial charge in [-0.1, -0.05) is 30.3 Å². The molecule has 0 heterocycles. The number of carbonyl (C=O) groups excluding carboxylic acids is 1. The lowest BCUT2D eigenvalue weighted by Crippen LogP contribution is -2.18. The minimum atomic E-state index is -0.649. The first-order valence-electron chi connectivity index (χ1n) is 7.00. The molecule has 0 unspecified atom stereocenters. The van der Waals surface area contributed by atoms with Crippen molar-refractivity contribution < 1.29 is 14.5 Å². The van der Waals surface area contributed by atoms with Crippen LogP contribution in [0.4, 0.5) is 5.69 Å². The van der Waals surface area contributed by atoms with Crippen LogP contribution in [0.3, 0.4) is 0 Å². The van der Waals surface area contributed by atoms with Crippen molar-refractivity contribution in [2.24, 2.45) is 5.10 Å². The molecule has 0 saturated heterocycles. The van der Waals surface area contributed by atoms with E-state index in [2.05, 4.69) is 10.5 Å². The second kappa shape index (κ2) is 8.23. The predicted molar refractivity (Wildman–Crippen MR) is 91.1 cm³/mol. The molecule has 0 spiro atoms. The molecule has 2 rings (SSSR count). The number of nitro benzene ring substituents is 1. The van der Waals surface area contributed by atoms with Crippen LogP contribution < -0.4 is 10.2 Å². The zero-order valence-corrected chi connectivity index (χ0v) is 12.9. The third-order valence-corrected chi connectivity index (χ3v) is 3.09. The number of hydrazone groups is 1. The van der Waals surface area contributed by atoms with Gasteiger partial charge in [-0.2, -0.15) is 5.10 Å². The van der Waals surface area contributed by atoms with E-state index in [1.54, 1.807) is 25.3 Å². The highest BCUT2D eigenvalue weighted by molar-refractivity contribution is 5.98. The van der Waals surface area contributed by atoms with E-state index in [9.17, 15) is 14.9 Å². The van der Waals surface area contributed by atoms with E-state index < -0.39 is 10.8 Å². The van der Waals surface area contributed by atoms with Gasteiger partial charge in [-0.25, -0.2) is 5.43 Å². The van der Waals surface area contributed by atoms with E-state index in [-0.39, 0.29) is 11.3 Å². The molecule has 0 aliphatic heterocycles. The number of nitrogens with zero attached hydrogens (tertiary/aromatic N) is 2. The lowest BCUT2D eigenvalue weighted by atomic mass is 10.2. The van der Waals surface area contributed by atoms with E-state index >= 15 is 0 Å². The average molecular weight is 325 g/mol. The van der Waals surface area contributed by atoms with Gasteiger partial charge in [0.1, 0.15) is 11.3 Å². The van der Waals surface area contributed by atoms with E-state index in [1.807, 2.05) is 24.3 Å². The van der Waals surface area contributed by atoms with Crippen LogP contribution >= 0.6 is 0 Å². The van der Waals surface area contributed by atoms with Crippen LogP contribution in [0, 0.1) is 10.1 Å². The Morgan fingerprint density at radius 2 is 1.92 bits per heavy atom. The van der Waals surface area contributed by atoms with E-state index in [0.29, 0.717) is 5.75 Å². The van der Waals surface area contributed by atoms with Gasteiger partial charge in [0.25, 0.3) is 11.6 Å². The SMILES string of the molecule is COc1ccccc1/C=C/C=N\NC(=O)c1ccccc1[N+](=O)[O-]. The van der Waals surface area contributed by atoms with Gasteiger partial charge in [0.2, 0.25) is 0 Å². The summed E-state index contributed by atoms with van der Waals surface area (Å²) in [5, 5.41) is 14.6. The van der Waals surface area contributed by atoms with Crippen molar-refractivity contribution in [1.29, 1.82) is 0 Å². The Balaban J connectivity index is 2.01. The monoisotopic (exact) mass is 325 g/mol. The molecule has 24 heavy (non-hydrogen) atoms. The molecule has 7 heteroatoms. The fourth-order valence-corrected chi connectivity index (χ4v) is 1.97. The summed E-state index contributed by atoms with van der Waals surface area (Å²) in [4.78, 5) is 22.2. The Kier molecular flexibility index (Phi) is 5.79. The molecule has 0 bridgehead atoms. The highest BCUT2D eigenvalue weighted by atomic mass is 16.6. The number of benzene rings is 2. The maximum Gasteiger partial charge on any atom is 0.282 e. The number of ether oxygens (including phenoxy) is 1. The molecule has 0 aliphatic carbocycles. The van der Waals surface area contributed by atoms with E-state index in [4.69, 9.17) is 4.74 Å². The number of methoxy groups -OCH3 is 1. The molecule has 1 N–H and O–H groups in total. The predicted octanol–water partition coefficient (Wildman–Crippen LogP) is 3.03. The summed E-state index contributed by atoms with van der Waals surface area (Å²) < 4.78 is 5.20. The zero-order chi connectivity index (χ0) is 17.4. The first-order valence-corrected chi connectivity index (χ1v) is 7.00. The fourth-order valence-electron chi connectivity index (χ4n) is 1.97. The summed E-state index contributed by atoms with van der Waals surface area (Å²) in [6.45, 7) is 0. The van der Waals surface area contributed by atoms with Gasteiger partial charge in [0, 0.05) is 17.8 Å². The molecule has 1 amide bonds. The number of hydrogen-bond acceptors (Lipinski definition) is 5. The molecule has 0 fully saturated rings. The molecule has 0 aliphatic rings. The van der Waals surface area contributed by atoms with Gasteiger partial charge < -0.3 is 4.74 Å². The Bertz CT molecular complexity index is 800. The summed E-state index contributed by atoms with van der Waals surface area (Å²) in [5.41, 5.74) is 2.79. The molecular weight excluding hydrogens is 310 g/mol. The second-order valence-electron chi connectivity index (χ2n) is 4.59. The number of carbonyl (C=O) groups is 1. The number of nitro groups is 1. The number of para-hydroxylation sites is 2. The number of hydrogen-bond donors (Lipinski definition) is 1. The molecule has 0 saturated carbocycles. The summed E-state index contributed by atoms with van der Waals surface area (Å²) >= 11 is 0. The molecule has 7 nitrogen and oxygen atoms in total. The first kappa shape index (κ1) is 16.9. The smallest absolute Gasteiger partial charge is 0.282 e. The van der Waals surface area contributed by atoms with Crippen LogP contribution in [0.5, 0.6) is 5.75 Å². The second-order valence-corrected chi connectivity index (χ2v) is 4.59. The lowest BCUT2D eigenvalue weighted by molar-refractivity contribution is -0.385. The minimum Gasteiger partial charge on any atom is -0.496 e. The Hall–Kier alpha value is -3.48. The topological polar surface area (TPSA) is 93.8 Å². The van der Waals surface area contributed by atoms with Crippen LogP contribution in [0.25, 0.3) is 6.08 Å². The average Bonchev–Trinajstić information content (AvgIpc) is 2.61. The summed E-state index contributed by atoms with van der Waals surface area (Å²) in [5.74, 6) is 0.0651. The standard InChI is InChI=1S/C17H15N3O4/c1-24-16-11-5-2-7-13(16)8-6-12-18-19-17(21)14-9-3-4-10-15(14)20(22)23/h2-12H,1H3,(H,19,21)/b8-6+,18-12-. The summed E-state index contributed by atoms with van der Waals surface area (Å²) in [6.07, 6.45) is 4.76. The van der Waals surface area contributed by atoms with Crippen molar-refractivity contribution >= 4 is 23.9 Å². The third kappa shape index (κ3) is 4.26. The molecule has 2 aromatic rings. The van der Waals surface area contributed by atoms with Crippen LogP contribution in [0.2, 0.25) is 0 Å². The van der Waals surface area contributed by atoms with Crippen LogP contribution in [-0.2, 0) is 0 Å². The molecule has 122 valence electrons. The number of nitrogens with one attached hydrogen (secondary N) is 1. The van der Waals surface area contributed by atoms with E-state index in [1.165, 1.54) is 24.4 Å². The van der Waals surface area contributed by atoms with Crippen molar-refractivity contribution in [3.05, 3.63) is 75.8 Å². The Labute approximate surface area is 138 Å². The van der Waals surface area contributed by atoms with Crippen LogP contribution in [0.15, 0.2) is 59.7 Å². The van der Waals surface area contributed by atoms with Crippen LogP contribution in [0.1, 0.15) is 15.9 Å². The maximum atomic E-state index is 11.9. The van der Waals surface area contributed by atoms with Gasteiger partial charge in [0.05, 0.1) is 12.0 Å². The Morgan fingerprint density at radius 1 is 1.21 bits per heavy atom.